The van der Waals surface area contributed by atoms with Gasteiger partial charge in [0.15, 0.2) is 0 Å². The molecule has 0 saturated heterocycles. The molecule has 0 aliphatic rings. The van der Waals surface area contributed by atoms with Gasteiger partial charge in [0.25, 0.3) is 0 Å². The van der Waals surface area contributed by atoms with E-state index in [1.165, 1.54) is 11.1 Å². The SMILES string of the molecule is CC(C)(C)c1ccc(CNCCc2ccccn2)cc1. The van der Waals surface area contributed by atoms with Crippen LogP contribution in [0.3, 0.4) is 0 Å². The first-order valence-electron chi connectivity index (χ1n) is 7.26. The Balaban J connectivity index is 1.77. The van der Waals surface area contributed by atoms with E-state index in [1.807, 2.05) is 18.3 Å². The minimum atomic E-state index is 0.227. The molecule has 0 aliphatic carbocycles. The molecule has 1 aromatic carbocycles. The summed E-state index contributed by atoms with van der Waals surface area (Å²) in [5.41, 5.74) is 4.09. The van der Waals surface area contributed by atoms with Gasteiger partial charge in [0.2, 0.25) is 0 Å². The van der Waals surface area contributed by atoms with Gasteiger partial charge in [-0.25, -0.2) is 0 Å². The molecule has 0 aliphatic heterocycles. The highest BCUT2D eigenvalue weighted by atomic mass is 14.8. The van der Waals surface area contributed by atoms with Gasteiger partial charge >= 0.3 is 0 Å². The minimum Gasteiger partial charge on any atom is -0.312 e. The lowest BCUT2D eigenvalue weighted by atomic mass is 9.87. The monoisotopic (exact) mass is 268 g/mol. The molecule has 0 bridgehead atoms. The molecule has 0 fully saturated rings. The van der Waals surface area contributed by atoms with E-state index in [0.29, 0.717) is 0 Å². The Morgan fingerprint density at radius 3 is 2.35 bits per heavy atom. The topological polar surface area (TPSA) is 24.9 Å². The summed E-state index contributed by atoms with van der Waals surface area (Å²) in [6.45, 7) is 8.60. The number of nitrogens with zero attached hydrogens (tertiary/aromatic N) is 1. The maximum absolute atomic E-state index is 4.32. The number of rotatable bonds is 5. The highest BCUT2D eigenvalue weighted by molar-refractivity contribution is 5.27. The first-order chi connectivity index (χ1) is 9.55. The van der Waals surface area contributed by atoms with E-state index in [2.05, 4.69) is 61.4 Å². The molecule has 0 amide bonds. The van der Waals surface area contributed by atoms with Crippen molar-refractivity contribution < 1.29 is 0 Å². The van der Waals surface area contributed by atoms with Crippen LogP contribution in [0, 0.1) is 0 Å². The van der Waals surface area contributed by atoms with Crippen LogP contribution < -0.4 is 5.32 Å². The van der Waals surface area contributed by atoms with E-state index in [-0.39, 0.29) is 5.41 Å². The molecule has 2 heteroatoms. The second-order valence-electron chi connectivity index (χ2n) is 6.19. The lowest BCUT2D eigenvalue weighted by Gasteiger charge is -2.19. The fourth-order valence-corrected chi connectivity index (χ4v) is 2.12. The Morgan fingerprint density at radius 1 is 1.00 bits per heavy atom. The zero-order valence-electron chi connectivity index (χ0n) is 12.7. The lowest BCUT2D eigenvalue weighted by molar-refractivity contribution is 0.589. The Labute approximate surface area is 122 Å². The fraction of sp³-hybridized carbons (Fsp3) is 0.389. The number of benzene rings is 1. The molecule has 0 spiro atoms. The zero-order valence-corrected chi connectivity index (χ0v) is 12.7. The van der Waals surface area contributed by atoms with Gasteiger partial charge in [0.1, 0.15) is 0 Å². The van der Waals surface area contributed by atoms with Gasteiger partial charge in [-0.05, 0) is 28.7 Å². The van der Waals surface area contributed by atoms with Crippen molar-refractivity contribution in [2.75, 3.05) is 6.54 Å². The van der Waals surface area contributed by atoms with E-state index in [1.54, 1.807) is 0 Å². The van der Waals surface area contributed by atoms with Gasteiger partial charge < -0.3 is 5.32 Å². The maximum Gasteiger partial charge on any atom is 0.0416 e. The Bertz CT molecular complexity index is 509. The molecule has 0 radical (unpaired) electrons. The number of hydrogen-bond acceptors (Lipinski definition) is 2. The summed E-state index contributed by atoms with van der Waals surface area (Å²) in [6, 6.07) is 15.0. The van der Waals surface area contributed by atoms with Crippen LogP contribution >= 0.6 is 0 Å². The molecule has 0 unspecified atom stereocenters. The van der Waals surface area contributed by atoms with E-state index in [4.69, 9.17) is 0 Å². The van der Waals surface area contributed by atoms with Crippen LogP contribution in [0.15, 0.2) is 48.7 Å². The molecule has 1 N–H and O–H groups in total. The van der Waals surface area contributed by atoms with Crippen molar-refractivity contribution in [3.63, 3.8) is 0 Å². The van der Waals surface area contributed by atoms with Gasteiger partial charge in [-0.15, -0.1) is 0 Å². The molecule has 106 valence electrons. The molecule has 2 aromatic rings. The van der Waals surface area contributed by atoms with Gasteiger partial charge in [0, 0.05) is 31.4 Å². The zero-order chi connectivity index (χ0) is 14.4. The largest absolute Gasteiger partial charge is 0.312 e. The summed E-state index contributed by atoms with van der Waals surface area (Å²) in [4.78, 5) is 4.32. The van der Waals surface area contributed by atoms with Crippen LogP contribution in [0.2, 0.25) is 0 Å². The first kappa shape index (κ1) is 14.7. The predicted molar refractivity (Wildman–Crippen MR) is 84.8 cm³/mol. The van der Waals surface area contributed by atoms with Crippen LogP contribution in [0.1, 0.15) is 37.6 Å². The molecular formula is C18H24N2. The Hall–Kier alpha value is -1.67. The van der Waals surface area contributed by atoms with Gasteiger partial charge in [-0.1, -0.05) is 51.1 Å². The van der Waals surface area contributed by atoms with Gasteiger partial charge in [0.05, 0.1) is 0 Å². The summed E-state index contributed by atoms with van der Waals surface area (Å²) in [5, 5.41) is 3.47. The minimum absolute atomic E-state index is 0.227. The number of aromatic nitrogens is 1. The van der Waals surface area contributed by atoms with Crippen molar-refractivity contribution in [3.8, 4) is 0 Å². The molecular weight excluding hydrogens is 244 g/mol. The van der Waals surface area contributed by atoms with Gasteiger partial charge in [-0.2, -0.15) is 0 Å². The summed E-state index contributed by atoms with van der Waals surface area (Å²) in [6.07, 6.45) is 2.82. The van der Waals surface area contributed by atoms with E-state index in [0.717, 1.165) is 25.2 Å². The van der Waals surface area contributed by atoms with Crippen molar-refractivity contribution in [1.82, 2.24) is 10.3 Å². The number of pyridine rings is 1. The molecule has 20 heavy (non-hydrogen) atoms. The third-order valence-corrected chi connectivity index (χ3v) is 3.43. The second kappa shape index (κ2) is 6.67. The van der Waals surface area contributed by atoms with Crippen molar-refractivity contribution in [2.45, 2.75) is 39.2 Å². The van der Waals surface area contributed by atoms with Crippen LogP contribution in [-0.4, -0.2) is 11.5 Å². The van der Waals surface area contributed by atoms with E-state index in [9.17, 15) is 0 Å². The predicted octanol–water partition coefficient (Wildman–Crippen LogP) is 3.71. The average Bonchev–Trinajstić information content (AvgIpc) is 2.44. The molecule has 2 nitrogen and oxygen atoms in total. The van der Waals surface area contributed by atoms with Crippen molar-refractivity contribution in [3.05, 3.63) is 65.5 Å². The Morgan fingerprint density at radius 2 is 1.75 bits per heavy atom. The third kappa shape index (κ3) is 4.46. The number of hydrogen-bond donors (Lipinski definition) is 1. The lowest BCUT2D eigenvalue weighted by Crippen LogP contribution is -2.17. The van der Waals surface area contributed by atoms with Crippen LogP contribution in [-0.2, 0) is 18.4 Å². The normalized spacial score (nSPS) is 11.6. The molecule has 0 saturated carbocycles. The number of nitrogens with one attached hydrogen (secondary N) is 1. The second-order valence-corrected chi connectivity index (χ2v) is 6.19. The van der Waals surface area contributed by atoms with Crippen molar-refractivity contribution in [2.24, 2.45) is 0 Å². The van der Waals surface area contributed by atoms with Crippen LogP contribution in [0.4, 0.5) is 0 Å². The summed E-state index contributed by atoms with van der Waals surface area (Å²) in [7, 11) is 0. The Kier molecular flexibility index (Phi) is 4.91. The third-order valence-electron chi connectivity index (χ3n) is 3.43. The smallest absolute Gasteiger partial charge is 0.0416 e. The van der Waals surface area contributed by atoms with Crippen LogP contribution in [0.25, 0.3) is 0 Å². The van der Waals surface area contributed by atoms with Crippen LogP contribution in [0.5, 0.6) is 0 Å². The molecule has 1 heterocycles. The standard InChI is InChI=1S/C18H24N2/c1-18(2,3)16-9-7-15(8-10-16)14-19-13-11-17-6-4-5-12-20-17/h4-10,12,19H,11,13-14H2,1-3H3. The molecule has 0 atom stereocenters. The fourth-order valence-electron chi connectivity index (χ4n) is 2.12. The summed E-state index contributed by atoms with van der Waals surface area (Å²) >= 11 is 0. The first-order valence-corrected chi connectivity index (χ1v) is 7.26. The van der Waals surface area contributed by atoms with E-state index >= 15 is 0 Å². The average molecular weight is 268 g/mol. The van der Waals surface area contributed by atoms with Gasteiger partial charge in [-0.3, -0.25) is 4.98 Å². The van der Waals surface area contributed by atoms with Crippen molar-refractivity contribution in [1.29, 1.82) is 0 Å². The highest BCUT2D eigenvalue weighted by Gasteiger charge is 2.12. The quantitative estimate of drug-likeness (QED) is 0.836. The molecule has 2 rings (SSSR count). The van der Waals surface area contributed by atoms with E-state index < -0.39 is 0 Å². The van der Waals surface area contributed by atoms with Crippen molar-refractivity contribution >= 4 is 0 Å². The summed E-state index contributed by atoms with van der Waals surface area (Å²) in [5.74, 6) is 0. The summed E-state index contributed by atoms with van der Waals surface area (Å²) < 4.78 is 0. The maximum atomic E-state index is 4.32. The highest BCUT2D eigenvalue weighted by Crippen LogP contribution is 2.22. The molecule has 1 aromatic heterocycles.